The molecule has 10 heteroatoms. The lowest BCUT2D eigenvalue weighted by molar-refractivity contribution is -0.126. The lowest BCUT2D eigenvalue weighted by Crippen LogP contribution is -2.41. The topological polar surface area (TPSA) is 111 Å². The lowest BCUT2D eigenvalue weighted by Gasteiger charge is -2.41. The number of rotatable bonds is 6. The van der Waals surface area contributed by atoms with E-state index in [-0.39, 0.29) is 34.3 Å². The van der Waals surface area contributed by atoms with Gasteiger partial charge in [0.25, 0.3) is 0 Å². The van der Waals surface area contributed by atoms with Crippen molar-refractivity contribution in [1.82, 2.24) is 15.0 Å². The number of hydrogen-bond acceptors (Lipinski definition) is 7. The van der Waals surface area contributed by atoms with E-state index in [4.69, 9.17) is 4.18 Å². The van der Waals surface area contributed by atoms with Gasteiger partial charge in [0.05, 0.1) is 23.8 Å². The molecular weight excluding hydrogens is 630 g/mol. The van der Waals surface area contributed by atoms with Gasteiger partial charge < -0.3 is 9.29 Å². The van der Waals surface area contributed by atoms with Crippen molar-refractivity contribution in [2.45, 2.75) is 62.0 Å². The molecule has 0 aliphatic heterocycles. The Labute approximate surface area is 258 Å². The molecule has 8 nitrogen and oxygen atoms in total. The number of carbonyl (C=O) groups excluding carboxylic acids is 1. The number of halogens is 1. The van der Waals surface area contributed by atoms with Gasteiger partial charge in [-0.05, 0) is 86.1 Å². The van der Waals surface area contributed by atoms with Gasteiger partial charge >= 0.3 is 10.1 Å². The van der Waals surface area contributed by atoms with Gasteiger partial charge in [-0.3, -0.25) is 9.48 Å². The van der Waals surface area contributed by atoms with Crippen LogP contribution in [0.5, 0.6) is 5.75 Å². The number of ketones is 1. The highest BCUT2D eigenvalue weighted by Crippen LogP contribution is 2.70. The molecule has 0 unspecified atom stereocenters. The molecule has 43 heavy (non-hydrogen) atoms. The second kappa shape index (κ2) is 9.70. The fraction of sp³-hybridized carbons (Fsp3) is 0.303. The molecule has 220 valence electrons. The molecule has 3 aliphatic carbocycles. The Morgan fingerprint density at radius 3 is 2.53 bits per heavy atom. The molecule has 2 fully saturated rings. The zero-order valence-corrected chi connectivity index (χ0v) is 26.2. The predicted molar refractivity (Wildman–Crippen MR) is 164 cm³/mol. The summed E-state index contributed by atoms with van der Waals surface area (Å²) in [6.45, 7) is 8.09. The van der Waals surface area contributed by atoms with E-state index in [2.05, 4.69) is 32.8 Å². The van der Waals surface area contributed by atoms with Crippen molar-refractivity contribution in [3.8, 4) is 17.0 Å². The van der Waals surface area contributed by atoms with Gasteiger partial charge in [0, 0.05) is 21.5 Å². The number of aromatic nitrogens is 3. The zero-order chi connectivity index (χ0) is 30.3. The largest absolute Gasteiger partial charge is 0.385 e. The minimum atomic E-state index is -4.10. The number of aliphatic hydroxyl groups is 1. The van der Waals surface area contributed by atoms with Crippen LogP contribution in [-0.2, 0) is 21.5 Å². The van der Waals surface area contributed by atoms with Gasteiger partial charge in [-0.25, -0.2) is 0 Å². The minimum absolute atomic E-state index is 0.0669. The molecule has 7 rings (SSSR count). The maximum Gasteiger partial charge on any atom is 0.339 e. The Hall–Kier alpha value is -3.60. The van der Waals surface area contributed by atoms with Crippen molar-refractivity contribution in [3.05, 3.63) is 106 Å². The Kier molecular flexibility index (Phi) is 6.36. The van der Waals surface area contributed by atoms with E-state index < -0.39 is 27.1 Å². The van der Waals surface area contributed by atoms with E-state index in [1.807, 2.05) is 50.4 Å². The van der Waals surface area contributed by atoms with Crippen LogP contribution >= 0.6 is 15.9 Å². The Balaban J connectivity index is 1.32. The molecule has 3 aliphatic rings. The van der Waals surface area contributed by atoms with E-state index in [9.17, 15) is 18.3 Å². The molecule has 1 aromatic heterocycles. The van der Waals surface area contributed by atoms with Gasteiger partial charge in [-0.1, -0.05) is 63.6 Å². The molecule has 0 radical (unpaired) electrons. The van der Waals surface area contributed by atoms with Crippen LogP contribution in [-0.4, -0.2) is 39.9 Å². The first-order valence-corrected chi connectivity index (χ1v) is 16.4. The molecule has 4 atom stereocenters. The standard InChI is InChI=1S/C33H30BrN3O5S/c1-19-4-10-24(11-5-19)43(40,41)42-29-13-12-25-26-14-15-32(39)18-33(26,31(38)21(32)3)27(30(25)20(29)2)16-37-17-28(35-36-37)22-6-8-23(34)9-7-22/h4-13,17,26-27,39H,3,14-16,18H2,1-2H3/t26-,27-,32-,33+/m0/s1. The van der Waals surface area contributed by atoms with Crippen molar-refractivity contribution in [1.29, 1.82) is 0 Å². The van der Waals surface area contributed by atoms with E-state index in [0.29, 0.717) is 30.6 Å². The molecule has 1 spiro atoms. The summed E-state index contributed by atoms with van der Waals surface area (Å²) >= 11 is 3.46. The quantitative estimate of drug-likeness (QED) is 0.199. The summed E-state index contributed by atoms with van der Waals surface area (Å²) in [5.41, 5.74) is 3.15. The number of Topliss-reactive ketones (excluding diaryl/α,β-unsaturated/α-hetero) is 1. The third-order valence-corrected chi connectivity index (χ3v) is 11.5. The minimum Gasteiger partial charge on any atom is -0.385 e. The fourth-order valence-electron chi connectivity index (χ4n) is 7.58. The van der Waals surface area contributed by atoms with Gasteiger partial charge in [0.1, 0.15) is 16.3 Å². The maximum atomic E-state index is 14.1. The molecule has 1 heterocycles. The van der Waals surface area contributed by atoms with Crippen molar-refractivity contribution >= 4 is 31.8 Å². The first kappa shape index (κ1) is 28.2. The number of nitrogens with zero attached hydrogens (tertiary/aromatic N) is 3. The summed E-state index contributed by atoms with van der Waals surface area (Å²) in [7, 11) is -4.10. The summed E-state index contributed by atoms with van der Waals surface area (Å²) in [4.78, 5) is 14.2. The van der Waals surface area contributed by atoms with Crippen LogP contribution in [0.3, 0.4) is 0 Å². The second-order valence-electron chi connectivity index (χ2n) is 12.1. The molecule has 3 aromatic carbocycles. The van der Waals surface area contributed by atoms with Crippen molar-refractivity contribution in [2.75, 3.05) is 0 Å². The van der Waals surface area contributed by atoms with Crippen LogP contribution in [0.15, 0.2) is 88.4 Å². The van der Waals surface area contributed by atoms with Crippen molar-refractivity contribution < 1.29 is 22.5 Å². The monoisotopic (exact) mass is 659 g/mol. The molecule has 1 N–H and O–H groups in total. The van der Waals surface area contributed by atoms with Crippen LogP contribution in [0, 0.1) is 19.3 Å². The van der Waals surface area contributed by atoms with Crippen LogP contribution < -0.4 is 4.18 Å². The number of carbonyl (C=O) groups is 1. The predicted octanol–water partition coefficient (Wildman–Crippen LogP) is 6.01. The Morgan fingerprint density at radius 2 is 1.81 bits per heavy atom. The maximum absolute atomic E-state index is 14.1. The van der Waals surface area contributed by atoms with Crippen LogP contribution in [0.2, 0.25) is 0 Å². The lowest BCUT2D eigenvalue weighted by atomic mass is 9.62. The van der Waals surface area contributed by atoms with Crippen LogP contribution in [0.4, 0.5) is 0 Å². The highest BCUT2D eigenvalue weighted by Gasteiger charge is 2.69. The van der Waals surface area contributed by atoms with Crippen molar-refractivity contribution in [3.63, 3.8) is 0 Å². The third-order valence-electron chi connectivity index (χ3n) is 9.71. The first-order chi connectivity index (χ1) is 20.4. The SMILES string of the molecule is C=C1C(=O)[C@]23C[C@@]1(O)CC[C@H]2c1ccc(OS(=O)(=O)c2ccc(C)cc2)c(C)c1[C@@H]3Cn1cc(-c2ccc(Br)cc2)nn1. The summed E-state index contributed by atoms with van der Waals surface area (Å²) in [6.07, 6.45) is 3.20. The van der Waals surface area contributed by atoms with Gasteiger partial charge in [-0.15, -0.1) is 5.10 Å². The van der Waals surface area contributed by atoms with Crippen LogP contribution in [0.25, 0.3) is 11.3 Å². The highest BCUT2D eigenvalue weighted by atomic mass is 79.9. The van der Waals surface area contributed by atoms with Gasteiger partial charge in [-0.2, -0.15) is 8.42 Å². The summed E-state index contributed by atoms with van der Waals surface area (Å²) in [5.74, 6) is -0.458. The molecule has 2 bridgehead atoms. The van der Waals surface area contributed by atoms with E-state index in [1.54, 1.807) is 22.9 Å². The number of aryl methyl sites for hydroxylation is 1. The van der Waals surface area contributed by atoms with Gasteiger partial charge in [0.2, 0.25) is 0 Å². The number of benzene rings is 3. The third kappa shape index (κ3) is 4.25. The van der Waals surface area contributed by atoms with E-state index in [1.165, 1.54) is 12.1 Å². The van der Waals surface area contributed by atoms with Crippen LogP contribution in [0.1, 0.15) is 53.4 Å². The molecule has 4 aromatic rings. The zero-order valence-electron chi connectivity index (χ0n) is 23.7. The molecule has 0 saturated heterocycles. The number of fused-ring (bicyclic) bond motifs is 3. The average Bonchev–Trinajstić information content (AvgIpc) is 3.59. The Bertz CT molecular complexity index is 1920. The number of hydrogen-bond donors (Lipinski definition) is 1. The van der Waals surface area contributed by atoms with Crippen molar-refractivity contribution in [2.24, 2.45) is 5.41 Å². The molecular formula is C33H30BrN3O5S. The van der Waals surface area contributed by atoms with Gasteiger partial charge in [0.15, 0.2) is 5.78 Å². The summed E-state index contributed by atoms with van der Waals surface area (Å²) < 4.78 is 35.0. The molecule has 2 saturated carbocycles. The average molecular weight is 661 g/mol. The molecule has 0 amide bonds. The first-order valence-electron chi connectivity index (χ1n) is 14.2. The fourth-order valence-corrected chi connectivity index (χ4v) is 8.83. The highest BCUT2D eigenvalue weighted by molar-refractivity contribution is 9.10. The van der Waals surface area contributed by atoms with E-state index in [0.717, 1.165) is 26.7 Å². The van der Waals surface area contributed by atoms with E-state index >= 15 is 0 Å². The Morgan fingerprint density at radius 1 is 1.09 bits per heavy atom. The normalized spacial score (nSPS) is 26.0. The second-order valence-corrected chi connectivity index (χ2v) is 14.5. The summed E-state index contributed by atoms with van der Waals surface area (Å²) in [6, 6.07) is 17.9. The summed E-state index contributed by atoms with van der Waals surface area (Å²) in [5, 5.41) is 20.3. The smallest absolute Gasteiger partial charge is 0.339 e.